The molecule has 2 aromatic carbocycles. The number of likely N-dealkylation sites (tertiary alicyclic amines) is 1. The van der Waals surface area contributed by atoms with Gasteiger partial charge in [0.15, 0.2) is 0 Å². The van der Waals surface area contributed by atoms with Gasteiger partial charge in [0.25, 0.3) is 11.8 Å². The van der Waals surface area contributed by atoms with E-state index in [4.69, 9.17) is 0 Å². The molecule has 2 aromatic rings. The number of halogens is 1. The number of nitrogens with zero attached hydrogens (tertiary/aromatic N) is 2. The lowest BCUT2D eigenvalue weighted by atomic mass is 9.92. The van der Waals surface area contributed by atoms with Crippen LogP contribution < -0.4 is 0 Å². The van der Waals surface area contributed by atoms with Gasteiger partial charge in [-0.15, -0.1) is 0 Å². The molecule has 4 nitrogen and oxygen atoms in total. The maximum absolute atomic E-state index is 15.3. The first-order chi connectivity index (χ1) is 12.6. The molecule has 0 spiro atoms. The SMILES string of the molecule is O=C1c2ccccc2C(=O)N1CC1(F)CCN(Cc2ccccc2)CC1. The first-order valence-electron chi connectivity index (χ1n) is 8.96. The zero-order valence-electron chi connectivity index (χ0n) is 14.5. The summed E-state index contributed by atoms with van der Waals surface area (Å²) in [5, 5.41) is 0. The monoisotopic (exact) mass is 352 g/mol. The molecule has 2 amide bonds. The fourth-order valence-electron chi connectivity index (χ4n) is 3.78. The minimum absolute atomic E-state index is 0.154. The molecule has 2 aliphatic rings. The molecular formula is C21H21FN2O2. The van der Waals surface area contributed by atoms with E-state index in [0.717, 1.165) is 11.4 Å². The average molecular weight is 352 g/mol. The Labute approximate surface area is 152 Å². The Hall–Kier alpha value is -2.53. The zero-order valence-corrected chi connectivity index (χ0v) is 14.5. The predicted octanol–water partition coefficient (Wildman–Crippen LogP) is 3.29. The highest BCUT2D eigenvalue weighted by Gasteiger charge is 2.43. The van der Waals surface area contributed by atoms with Crippen LogP contribution in [0.2, 0.25) is 0 Å². The van der Waals surface area contributed by atoms with E-state index in [0.29, 0.717) is 37.1 Å². The topological polar surface area (TPSA) is 40.6 Å². The number of carbonyl (C=O) groups is 2. The van der Waals surface area contributed by atoms with Crippen LogP contribution in [0.5, 0.6) is 0 Å². The van der Waals surface area contributed by atoms with E-state index in [-0.39, 0.29) is 18.4 Å². The van der Waals surface area contributed by atoms with Crippen molar-refractivity contribution in [1.82, 2.24) is 9.80 Å². The number of rotatable bonds is 4. The third-order valence-electron chi connectivity index (χ3n) is 5.32. The van der Waals surface area contributed by atoms with Gasteiger partial charge in [0, 0.05) is 19.6 Å². The van der Waals surface area contributed by atoms with Gasteiger partial charge in [0.1, 0.15) is 5.67 Å². The molecule has 0 unspecified atom stereocenters. The largest absolute Gasteiger partial charge is 0.299 e. The Morgan fingerprint density at radius 3 is 1.96 bits per heavy atom. The fraction of sp³-hybridized carbons (Fsp3) is 0.333. The van der Waals surface area contributed by atoms with Gasteiger partial charge < -0.3 is 0 Å². The van der Waals surface area contributed by atoms with Crippen molar-refractivity contribution in [3.63, 3.8) is 0 Å². The molecule has 134 valence electrons. The van der Waals surface area contributed by atoms with E-state index in [9.17, 15) is 9.59 Å². The molecule has 1 fully saturated rings. The zero-order chi connectivity index (χ0) is 18.1. The Bertz CT molecular complexity index is 794. The number of alkyl halides is 1. The molecule has 0 bridgehead atoms. The van der Waals surface area contributed by atoms with Gasteiger partial charge in [0.2, 0.25) is 0 Å². The number of amides is 2. The summed E-state index contributed by atoms with van der Waals surface area (Å²) < 4.78 is 15.3. The van der Waals surface area contributed by atoms with Crippen molar-refractivity contribution in [1.29, 1.82) is 0 Å². The second kappa shape index (κ2) is 6.65. The van der Waals surface area contributed by atoms with E-state index in [1.54, 1.807) is 24.3 Å². The van der Waals surface area contributed by atoms with Crippen molar-refractivity contribution in [2.75, 3.05) is 19.6 Å². The third kappa shape index (κ3) is 3.15. The maximum atomic E-state index is 15.3. The van der Waals surface area contributed by atoms with Gasteiger partial charge in [-0.3, -0.25) is 19.4 Å². The highest BCUT2D eigenvalue weighted by atomic mass is 19.1. The molecule has 5 heteroatoms. The van der Waals surface area contributed by atoms with Crippen molar-refractivity contribution >= 4 is 11.8 Å². The summed E-state index contributed by atoms with van der Waals surface area (Å²) in [5.41, 5.74) is 0.449. The van der Waals surface area contributed by atoms with Crippen LogP contribution in [-0.2, 0) is 6.54 Å². The summed E-state index contributed by atoms with van der Waals surface area (Å²) in [4.78, 5) is 28.2. The molecule has 0 aromatic heterocycles. The molecule has 4 rings (SSSR count). The minimum Gasteiger partial charge on any atom is -0.299 e. The van der Waals surface area contributed by atoms with Crippen LogP contribution in [0.4, 0.5) is 4.39 Å². The van der Waals surface area contributed by atoms with E-state index < -0.39 is 5.67 Å². The highest BCUT2D eigenvalue weighted by Crippen LogP contribution is 2.32. The van der Waals surface area contributed by atoms with Crippen molar-refractivity contribution in [3.8, 4) is 0 Å². The van der Waals surface area contributed by atoms with E-state index in [1.165, 1.54) is 5.56 Å². The lowest BCUT2D eigenvalue weighted by Crippen LogP contribution is -2.49. The van der Waals surface area contributed by atoms with Crippen molar-refractivity contribution < 1.29 is 14.0 Å². The van der Waals surface area contributed by atoms with Crippen LogP contribution in [0.15, 0.2) is 54.6 Å². The van der Waals surface area contributed by atoms with Crippen LogP contribution in [0.3, 0.4) is 0 Å². The van der Waals surface area contributed by atoms with Crippen LogP contribution in [0.1, 0.15) is 39.1 Å². The maximum Gasteiger partial charge on any atom is 0.261 e. The number of carbonyl (C=O) groups excluding carboxylic acids is 2. The number of piperidine rings is 1. The number of imide groups is 1. The van der Waals surface area contributed by atoms with E-state index in [1.807, 2.05) is 18.2 Å². The number of hydrogen-bond acceptors (Lipinski definition) is 3. The Kier molecular flexibility index (Phi) is 4.32. The highest BCUT2D eigenvalue weighted by molar-refractivity contribution is 6.21. The van der Waals surface area contributed by atoms with Crippen LogP contribution >= 0.6 is 0 Å². The molecule has 0 aliphatic carbocycles. The van der Waals surface area contributed by atoms with Crippen molar-refractivity contribution in [2.24, 2.45) is 0 Å². The lowest BCUT2D eigenvalue weighted by molar-refractivity contribution is 0.0214. The number of hydrogen-bond donors (Lipinski definition) is 0. The predicted molar refractivity (Wildman–Crippen MR) is 96.6 cm³/mol. The Morgan fingerprint density at radius 1 is 0.846 bits per heavy atom. The lowest BCUT2D eigenvalue weighted by Gasteiger charge is -2.38. The molecule has 26 heavy (non-hydrogen) atoms. The van der Waals surface area contributed by atoms with E-state index >= 15 is 4.39 Å². The number of fused-ring (bicyclic) bond motifs is 1. The molecular weight excluding hydrogens is 331 g/mol. The summed E-state index contributed by atoms with van der Waals surface area (Å²) >= 11 is 0. The summed E-state index contributed by atoms with van der Waals surface area (Å²) in [6.45, 7) is 1.88. The molecule has 0 saturated carbocycles. The second-order valence-corrected chi connectivity index (χ2v) is 7.15. The van der Waals surface area contributed by atoms with Gasteiger partial charge in [-0.05, 0) is 30.5 Å². The third-order valence-corrected chi connectivity index (χ3v) is 5.32. The summed E-state index contributed by atoms with van der Waals surface area (Å²) in [5.74, 6) is -0.760. The average Bonchev–Trinajstić information content (AvgIpc) is 2.90. The van der Waals surface area contributed by atoms with Gasteiger partial charge in [-0.2, -0.15) is 0 Å². The smallest absolute Gasteiger partial charge is 0.261 e. The second-order valence-electron chi connectivity index (χ2n) is 7.15. The van der Waals surface area contributed by atoms with Gasteiger partial charge in [0.05, 0.1) is 17.7 Å². The van der Waals surface area contributed by atoms with Crippen molar-refractivity contribution in [3.05, 3.63) is 71.3 Å². The number of benzene rings is 2. The molecule has 0 atom stereocenters. The summed E-state index contributed by atoms with van der Waals surface area (Å²) in [6.07, 6.45) is 0.653. The summed E-state index contributed by atoms with van der Waals surface area (Å²) in [7, 11) is 0. The normalized spacial score (nSPS) is 19.7. The Morgan fingerprint density at radius 2 is 1.38 bits per heavy atom. The Balaban J connectivity index is 1.39. The van der Waals surface area contributed by atoms with Crippen molar-refractivity contribution in [2.45, 2.75) is 25.1 Å². The quantitative estimate of drug-likeness (QED) is 0.793. The summed E-state index contributed by atoms with van der Waals surface area (Å²) in [6, 6.07) is 16.8. The first-order valence-corrected chi connectivity index (χ1v) is 8.96. The standard InChI is InChI=1S/C21H21FN2O2/c22-21(10-12-23(13-11-21)14-16-6-2-1-3-7-16)15-24-19(25)17-8-4-5-9-18(17)20(24)26/h1-9H,10-15H2. The van der Waals surface area contributed by atoms with Gasteiger partial charge in [-0.1, -0.05) is 42.5 Å². The van der Waals surface area contributed by atoms with Gasteiger partial charge in [-0.25, -0.2) is 4.39 Å². The first kappa shape index (κ1) is 16.9. The van der Waals surface area contributed by atoms with Crippen LogP contribution in [0.25, 0.3) is 0 Å². The minimum atomic E-state index is -1.51. The molecule has 2 aliphatic heterocycles. The van der Waals surface area contributed by atoms with Crippen LogP contribution in [0, 0.1) is 0 Å². The fourth-order valence-corrected chi connectivity index (χ4v) is 3.78. The molecule has 2 heterocycles. The van der Waals surface area contributed by atoms with Gasteiger partial charge >= 0.3 is 0 Å². The molecule has 0 N–H and O–H groups in total. The van der Waals surface area contributed by atoms with E-state index in [2.05, 4.69) is 17.0 Å². The molecule has 1 saturated heterocycles. The van der Waals surface area contributed by atoms with Crippen LogP contribution in [-0.4, -0.2) is 46.9 Å². The molecule has 0 radical (unpaired) electrons.